The largest absolute Gasteiger partial charge is 0.481 e. The van der Waals surface area contributed by atoms with E-state index in [1.165, 1.54) is 36.8 Å². The van der Waals surface area contributed by atoms with Crippen molar-refractivity contribution in [2.45, 2.75) is 6.61 Å². The lowest BCUT2D eigenvalue weighted by molar-refractivity contribution is 0.0468. The van der Waals surface area contributed by atoms with Crippen molar-refractivity contribution in [3.63, 3.8) is 0 Å². The first-order chi connectivity index (χ1) is 11.7. The Morgan fingerprint density at radius 2 is 2.00 bits per heavy atom. The highest BCUT2D eigenvalue weighted by molar-refractivity contribution is 7.13. The normalized spacial score (nSPS) is 10.4. The Labute approximate surface area is 141 Å². The van der Waals surface area contributed by atoms with Crippen molar-refractivity contribution in [1.82, 2.24) is 9.97 Å². The monoisotopic (exact) mass is 344 g/mol. The number of nitrogens with zero attached hydrogens (tertiary/aromatic N) is 2. The van der Waals surface area contributed by atoms with Crippen molar-refractivity contribution in [2.75, 3.05) is 7.11 Å². The molecule has 0 unspecified atom stereocenters. The number of esters is 1. The Hall–Kier alpha value is -2.80. The SMILES string of the molecule is COc1ccc(C(=O)OCc2csc(-c3ccc(F)cc3)n2)cn1. The Balaban J connectivity index is 1.62. The molecule has 1 aromatic carbocycles. The molecule has 5 nitrogen and oxygen atoms in total. The van der Waals surface area contributed by atoms with E-state index in [1.807, 2.05) is 0 Å². The lowest BCUT2D eigenvalue weighted by atomic mass is 10.2. The topological polar surface area (TPSA) is 61.3 Å². The molecule has 3 rings (SSSR count). The van der Waals surface area contributed by atoms with E-state index in [-0.39, 0.29) is 12.4 Å². The molecule has 0 aliphatic rings. The lowest BCUT2D eigenvalue weighted by Crippen LogP contribution is -2.06. The molecule has 2 heterocycles. The summed E-state index contributed by atoms with van der Waals surface area (Å²) in [5, 5.41) is 2.55. The first kappa shape index (κ1) is 16.1. The fourth-order valence-corrected chi connectivity index (χ4v) is 2.75. The van der Waals surface area contributed by atoms with Gasteiger partial charge >= 0.3 is 5.97 Å². The molecule has 2 aromatic heterocycles. The number of halogens is 1. The summed E-state index contributed by atoms with van der Waals surface area (Å²) in [6, 6.07) is 9.26. The summed E-state index contributed by atoms with van der Waals surface area (Å²) in [5.41, 5.74) is 1.79. The van der Waals surface area contributed by atoms with E-state index < -0.39 is 5.97 Å². The minimum atomic E-state index is -0.485. The summed E-state index contributed by atoms with van der Waals surface area (Å²) in [5.74, 6) is -0.353. The van der Waals surface area contributed by atoms with Crippen LogP contribution < -0.4 is 4.74 Å². The smallest absolute Gasteiger partial charge is 0.340 e. The minimum absolute atomic E-state index is 0.0581. The lowest BCUT2D eigenvalue weighted by Gasteiger charge is -2.03. The third kappa shape index (κ3) is 3.75. The number of ether oxygens (including phenoxy) is 2. The molecule has 24 heavy (non-hydrogen) atoms. The number of hydrogen-bond donors (Lipinski definition) is 0. The van der Waals surface area contributed by atoms with Crippen LogP contribution in [0.3, 0.4) is 0 Å². The van der Waals surface area contributed by atoms with Crippen LogP contribution >= 0.6 is 11.3 Å². The van der Waals surface area contributed by atoms with Crippen LogP contribution in [0.15, 0.2) is 48.0 Å². The van der Waals surface area contributed by atoms with Crippen molar-refractivity contribution >= 4 is 17.3 Å². The van der Waals surface area contributed by atoms with Crippen LogP contribution in [0.2, 0.25) is 0 Å². The molecule has 7 heteroatoms. The molecule has 3 aromatic rings. The molecule has 0 atom stereocenters. The summed E-state index contributed by atoms with van der Waals surface area (Å²) in [4.78, 5) is 20.3. The number of hydrogen-bond acceptors (Lipinski definition) is 6. The van der Waals surface area contributed by atoms with Crippen molar-refractivity contribution in [3.8, 4) is 16.5 Å². The van der Waals surface area contributed by atoms with Gasteiger partial charge in [0.05, 0.1) is 18.4 Å². The number of methoxy groups -OCH3 is 1. The number of rotatable bonds is 5. The quantitative estimate of drug-likeness (QED) is 0.660. The van der Waals surface area contributed by atoms with Crippen molar-refractivity contribution in [2.24, 2.45) is 0 Å². The fraction of sp³-hybridized carbons (Fsp3) is 0.118. The van der Waals surface area contributed by atoms with Crippen LogP contribution in [0, 0.1) is 5.82 Å². The average Bonchev–Trinajstić information content (AvgIpc) is 3.09. The first-order valence-electron chi connectivity index (χ1n) is 7.03. The van der Waals surface area contributed by atoms with Crippen LogP contribution in [0.25, 0.3) is 10.6 Å². The maximum atomic E-state index is 12.9. The first-order valence-corrected chi connectivity index (χ1v) is 7.91. The van der Waals surface area contributed by atoms with Crippen LogP contribution in [0.5, 0.6) is 5.88 Å². The highest BCUT2D eigenvalue weighted by Crippen LogP contribution is 2.24. The fourth-order valence-electron chi connectivity index (χ4n) is 1.94. The van der Waals surface area contributed by atoms with E-state index in [0.29, 0.717) is 17.1 Å². The van der Waals surface area contributed by atoms with Gasteiger partial charge in [-0.15, -0.1) is 11.3 Å². The highest BCUT2D eigenvalue weighted by Gasteiger charge is 2.11. The van der Waals surface area contributed by atoms with Crippen molar-refractivity contribution in [3.05, 3.63) is 65.0 Å². The van der Waals surface area contributed by atoms with E-state index in [1.54, 1.807) is 29.6 Å². The number of benzene rings is 1. The third-order valence-corrected chi connectivity index (χ3v) is 4.12. The zero-order valence-electron chi connectivity index (χ0n) is 12.7. The molecule has 0 bridgehead atoms. The minimum Gasteiger partial charge on any atom is -0.481 e. The molecule has 0 N–H and O–H groups in total. The predicted molar refractivity (Wildman–Crippen MR) is 87.4 cm³/mol. The van der Waals surface area contributed by atoms with Gasteiger partial charge in [0.15, 0.2) is 0 Å². The maximum absolute atomic E-state index is 12.9. The molecule has 0 aliphatic carbocycles. The van der Waals surface area contributed by atoms with Gasteiger partial charge in [-0.05, 0) is 30.3 Å². The molecule has 0 spiro atoms. The van der Waals surface area contributed by atoms with Crippen molar-refractivity contribution in [1.29, 1.82) is 0 Å². The van der Waals surface area contributed by atoms with E-state index in [2.05, 4.69) is 9.97 Å². The van der Waals surface area contributed by atoms with Gasteiger partial charge < -0.3 is 9.47 Å². The summed E-state index contributed by atoms with van der Waals surface area (Å²) < 4.78 is 23.1. The number of carbonyl (C=O) groups excluding carboxylic acids is 1. The van der Waals surface area contributed by atoms with E-state index in [4.69, 9.17) is 9.47 Å². The third-order valence-electron chi connectivity index (χ3n) is 3.18. The van der Waals surface area contributed by atoms with Crippen molar-refractivity contribution < 1.29 is 18.7 Å². The summed E-state index contributed by atoms with van der Waals surface area (Å²) in [6.07, 6.45) is 1.39. The maximum Gasteiger partial charge on any atom is 0.340 e. The molecule has 0 fully saturated rings. The van der Waals surface area contributed by atoms with Crippen LogP contribution in [-0.2, 0) is 11.3 Å². The zero-order valence-corrected chi connectivity index (χ0v) is 13.5. The van der Waals surface area contributed by atoms with E-state index in [0.717, 1.165) is 10.6 Å². The summed E-state index contributed by atoms with van der Waals surface area (Å²) in [7, 11) is 1.50. The summed E-state index contributed by atoms with van der Waals surface area (Å²) in [6.45, 7) is 0.0581. The summed E-state index contributed by atoms with van der Waals surface area (Å²) >= 11 is 1.41. The zero-order chi connectivity index (χ0) is 16.9. The molecule has 122 valence electrons. The van der Waals surface area contributed by atoms with E-state index >= 15 is 0 Å². The second kappa shape index (κ2) is 7.18. The Morgan fingerprint density at radius 3 is 2.67 bits per heavy atom. The second-order valence-electron chi connectivity index (χ2n) is 4.82. The van der Waals surface area contributed by atoms with Crippen LogP contribution in [0.4, 0.5) is 4.39 Å². The predicted octanol–water partition coefficient (Wildman–Crippen LogP) is 3.71. The van der Waals surface area contributed by atoms with Gasteiger partial charge in [-0.2, -0.15) is 0 Å². The van der Waals surface area contributed by atoms with Gasteiger partial charge in [0.1, 0.15) is 17.4 Å². The standard InChI is InChI=1S/C17H13FN2O3S/c1-22-15-7-4-12(8-19-15)17(21)23-9-14-10-24-16(20-14)11-2-5-13(18)6-3-11/h2-8,10H,9H2,1H3. The Bertz CT molecular complexity index is 832. The molecule has 0 aliphatic heterocycles. The molecular weight excluding hydrogens is 331 g/mol. The van der Waals surface area contributed by atoms with Crippen LogP contribution in [0.1, 0.15) is 16.1 Å². The number of aromatic nitrogens is 2. The Morgan fingerprint density at radius 1 is 1.21 bits per heavy atom. The van der Waals surface area contributed by atoms with E-state index in [9.17, 15) is 9.18 Å². The molecule has 0 radical (unpaired) electrons. The van der Waals surface area contributed by atoms with Gasteiger partial charge in [0.2, 0.25) is 5.88 Å². The number of thiazole rings is 1. The molecule has 0 saturated carbocycles. The van der Waals surface area contributed by atoms with Gasteiger partial charge in [0, 0.05) is 23.2 Å². The molecular formula is C17H13FN2O3S. The average molecular weight is 344 g/mol. The highest BCUT2D eigenvalue weighted by atomic mass is 32.1. The van der Waals surface area contributed by atoms with Gasteiger partial charge in [-0.1, -0.05) is 0 Å². The van der Waals surface area contributed by atoms with Gasteiger partial charge in [-0.3, -0.25) is 0 Å². The number of carbonyl (C=O) groups is 1. The molecule has 0 saturated heterocycles. The molecule has 0 amide bonds. The van der Waals surface area contributed by atoms with Gasteiger partial charge in [-0.25, -0.2) is 19.2 Å². The number of pyridine rings is 1. The second-order valence-corrected chi connectivity index (χ2v) is 5.67. The van der Waals surface area contributed by atoms with Crippen LogP contribution in [-0.4, -0.2) is 23.0 Å². The van der Waals surface area contributed by atoms with Gasteiger partial charge in [0.25, 0.3) is 0 Å². The Kier molecular flexibility index (Phi) is 4.81.